The summed E-state index contributed by atoms with van der Waals surface area (Å²) in [5.41, 5.74) is 4.94. The van der Waals surface area contributed by atoms with Gasteiger partial charge in [0.25, 0.3) is 5.91 Å². The lowest BCUT2D eigenvalue weighted by Crippen LogP contribution is -2.58. The van der Waals surface area contributed by atoms with E-state index in [0.717, 1.165) is 83.8 Å². The van der Waals surface area contributed by atoms with Crippen LogP contribution in [-0.4, -0.2) is 91.8 Å². The van der Waals surface area contributed by atoms with Crippen molar-refractivity contribution in [1.29, 1.82) is 0 Å². The molecule has 5 aliphatic rings. The van der Waals surface area contributed by atoms with Crippen molar-refractivity contribution in [2.75, 3.05) is 40.8 Å². The number of carbonyl (C=O) groups excluding carboxylic acids is 2. The van der Waals surface area contributed by atoms with Gasteiger partial charge in [0.2, 0.25) is 5.91 Å². The Morgan fingerprint density at radius 3 is 2.43 bits per heavy atom. The van der Waals surface area contributed by atoms with Gasteiger partial charge in [-0.3, -0.25) is 9.59 Å². The fraction of sp³-hybridized carbons (Fsp3) is 0.556. The molecule has 2 saturated heterocycles. The molecule has 3 aliphatic heterocycles. The molecule has 2 aliphatic carbocycles. The minimum atomic E-state index is -3.99. The molecule has 4 heterocycles. The molecule has 2 aromatic carbocycles. The molecule has 4 atom stereocenters. The van der Waals surface area contributed by atoms with E-state index in [9.17, 15) is 13.2 Å². The molecule has 4 unspecified atom stereocenters. The van der Waals surface area contributed by atoms with Gasteiger partial charge in [-0.05, 0) is 86.5 Å². The number of amides is 2. The van der Waals surface area contributed by atoms with Crippen LogP contribution in [0, 0.1) is 0 Å². The van der Waals surface area contributed by atoms with Crippen molar-refractivity contribution < 1.29 is 22.7 Å². The third-order valence-corrected chi connectivity index (χ3v) is 13.4. The SMILES string of the molecule is CCN(C)S(=O)(=O)NC(=O)c1ccc2c(C3CCCCC3)c3n(c2c1)C1(C(=O)N2C4CCC2CN(C)C4)CC1c1cc(OC)ccc1-3. The van der Waals surface area contributed by atoms with E-state index in [-0.39, 0.29) is 36.0 Å². The van der Waals surface area contributed by atoms with E-state index in [0.29, 0.717) is 12.3 Å². The van der Waals surface area contributed by atoms with Gasteiger partial charge in [0.1, 0.15) is 11.3 Å². The summed E-state index contributed by atoms with van der Waals surface area (Å²) in [4.78, 5) is 33.3. The zero-order chi connectivity index (χ0) is 32.8. The molecule has 2 bridgehead atoms. The van der Waals surface area contributed by atoms with Gasteiger partial charge in [-0.15, -0.1) is 0 Å². The van der Waals surface area contributed by atoms with Gasteiger partial charge < -0.3 is 19.1 Å². The minimum absolute atomic E-state index is 0.0162. The number of aromatic nitrogens is 1. The second kappa shape index (κ2) is 11.1. The Bertz CT molecular complexity index is 1880. The summed E-state index contributed by atoms with van der Waals surface area (Å²) in [6.07, 6.45) is 8.42. The Kier molecular flexibility index (Phi) is 7.27. The van der Waals surface area contributed by atoms with E-state index in [1.54, 1.807) is 20.1 Å². The average molecular weight is 660 g/mol. The minimum Gasteiger partial charge on any atom is -0.497 e. The lowest BCUT2D eigenvalue weighted by Gasteiger charge is -2.43. The summed E-state index contributed by atoms with van der Waals surface area (Å²) in [6, 6.07) is 12.3. The molecule has 4 fully saturated rings. The van der Waals surface area contributed by atoms with Gasteiger partial charge in [0.05, 0.1) is 18.3 Å². The number of likely N-dealkylation sites (tertiary alicyclic amines) is 1. The summed E-state index contributed by atoms with van der Waals surface area (Å²) in [6.45, 7) is 3.72. The number of methoxy groups -OCH3 is 1. The number of nitrogens with one attached hydrogen (secondary N) is 1. The second-order valence-corrected chi connectivity index (χ2v) is 16.2. The van der Waals surface area contributed by atoms with Gasteiger partial charge in [-0.1, -0.05) is 32.3 Å². The number of piperazine rings is 1. The van der Waals surface area contributed by atoms with Crippen molar-refractivity contribution in [1.82, 2.24) is 23.4 Å². The number of ether oxygens (including phenoxy) is 1. The van der Waals surface area contributed by atoms with Crippen LogP contribution in [0.4, 0.5) is 0 Å². The highest BCUT2D eigenvalue weighted by Crippen LogP contribution is 2.67. The quantitative estimate of drug-likeness (QED) is 0.391. The number of carbonyl (C=O) groups is 2. The Morgan fingerprint density at radius 1 is 1.02 bits per heavy atom. The first-order valence-corrected chi connectivity index (χ1v) is 18.7. The highest BCUT2D eigenvalue weighted by molar-refractivity contribution is 7.87. The maximum Gasteiger partial charge on any atom is 0.303 e. The zero-order valence-electron chi connectivity index (χ0n) is 27.8. The largest absolute Gasteiger partial charge is 0.497 e. The smallest absolute Gasteiger partial charge is 0.303 e. The summed E-state index contributed by atoms with van der Waals surface area (Å²) in [5, 5.41) is 1.06. The number of nitrogens with zero attached hydrogens (tertiary/aromatic N) is 4. The maximum atomic E-state index is 15.2. The van der Waals surface area contributed by atoms with Crippen molar-refractivity contribution in [2.45, 2.75) is 87.7 Å². The van der Waals surface area contributed by atoms with E-state index in [4.69, 9.17) is 4.74 Å². The van der Waals surface area contributed by atoms with Crippen molar-refractivity contribution in [3.05, 3.63) is 53.1 Å². The molecule has 0 spiro atoms. The predicted octanol–water partition coefficient (Wildman–Crippen LogP) is 4.79. The lowest BCUT2D eigenvalue weighted by molar-refractivity contribution is -0.142. The lowest BCUT2D eigenvalue weighted by atomic mass is 9.80. The summed E-state index contributed by atoms with van der Waals surface area (Å²) in [5.74, 6) is 0.618. The fourth-order valence-corrected chi connectivity index (χ4v) is 10.2. The van der Waals surface area contributed by atoms with E-state index >= 15 is 4.79 Å². The molecule has 2 saturated carbocycles. The van der Waals surface area contributed by atoms with Gasteiger partial charge in [0, 0.05) is 61.2 Å². The second-order valence-electron chi connectivity index (χ2n) is 14.5. The van der Waals surface area contributed by atoms with Crippen LogP contribution in [0.3, 0.4) is 0 Å². The molecule has 1 N–H and O–H groups in total. The van der Waals surface area contributed by atoms with Crippen LogP contribution in [0.5, 0.6) is 5.75 Å². The van der Waals surface area contributed by atoms with Crippen LogP contribution in [0.2, 0.25) is 0 Å². The molecule has 10 nitrogen and oxygen atoms in total. The van der Waals surface area contributed by atoms with Gasteiger partial charge in [-0.2, -0.15) is 12.7 Å². The van der Waals surface area contributed by atoms with Gasteiger partial charge in [-0.25, -0.2) is 4.72 Å². The fourth-order valence-electron chi connectivity index (χ4n) is 9.40. The predicted molar refractivity (Wildman–Crippen MR) is 181 cm³/mol. The Balaban J connectivity index is 1.35. The molecule has 11 heteroatoms. The topological polar surface area (TPSA) is 104 Å². The summed E-state index contributed by atoms with van der Waals surface area (Å²) >= 11 is 0. The monoisotopic (exact) mass is 659 g/mol. The van der Waals surface area contributed by atoms with Crippen molar-refractivity contribution in [3.63, 3.8) is 0 Å². The molecule has 2 amide bonds. The molecule has 47 heavy (non-hydrogen) atoms. The third kappa shape index (κ3) is 4.59. The highest BCUT2D eigenvalue weighted by Gasteiger charge is 2.68. The van der Waals surface area contributed by atoms with E-state index in [1.807, 2.05) is 18.2 Å². The van der Waals surface area contributed by atoms with Crippen LogP contribution in [0.25, 0.3) is 22.2 Å². The normalized spacial score (nSPS) is 27.0. The van der Waals surface area contributed by atoms with E-state index in [1.165, 1.54) is 24.6 Å². The van der Waals surface area contributed by atoms with Crippen LogP contribution >= 0.6 is 0 Å². The molecule has 8 rings (SSSR count). The van der Waals surface area contributed by atoms with Crippen molar-refractivity contribution in [2.24, 2.45) is 0 Å². The first kappa shape index (κ1) is 30.9. The Labute approximate surface area is 277 Å². The Hall–Kier alpha value is -3.41. The molecule has 3 aromatic rings. The highest BCUT2D eigenvalue weighted by atomic mass is 32.2. The van der Waals surface area contributed by atoms with Crippen molar-refractivity contribution >= 4 is 32.9 Å². The molecule has 1 aromatic heterocycles. The van der Waals surface area contributed by atoms with Crippen LogP contribution < -0.4 is 9.46 Å². The summed E-state index contributed by atoms with van der Waals surface area (Å²) < 4.78 is 37.0. The number of fused-ring (bicyclic) bond motifs is 10. The van der Waals surface area contributed by atoms with Gasteiger partial charge in [0.15, 0.2) is 0 Å². The number of rotatable bonds is 7. The molecule has 0 radical (unpaired) electrons. The zero-order valence-corrected chi connectivity index (χ0v) is 28.6. The van der Waals surface area contributed by atoms with E-state index in [2.05, 4.69) is 38.3 Å². The van der Waals surface area contributed by atoms with Gasteiger partial charge >= 0.3 is 10.2 Å². The number of benzene rings is 2. The molecular formula is C36H45N5O5S. The number of likely N-dealkylation sites (N-methyl/N-ethyl adjacent to an activating group) is 1. The maximum absolute atomic E-state index is 15.2. The first-order chi connectivity index (χ1) is 22.6. The van der Waals surface area contributed by atoms with Crippen LogP contribution in [0.15, 0.2) is 36.4 Å². The average Bonchev–Trinajstić information content (AvgIpc) is 3.66. The first-order valence-electron chi connectivity index (χ1n) is 17.3. The number of hydrogen-bond donors (Lipinski definition) is 1. The standard InChI is InChI=1S/C36H45N5O5S/c1-5-39(3)47(44,45)37-34(42)23-11-15-28-31(17-23)41-33(32(28)22-9-7-6-8-10-22)27-16-14-26(46-4)18-29(27)30-19-36(30,41)35(43)40-24-12-13-25(40)21-38(2)20-24/h11,14-18,22,24-25,30H,5-10,12-13,19-21H2,1-4H3,(H,37,42). The van der Waals surface area contributed by atoms with Crippen LogP contribution in [-0.2, 0) is 20.5 Å². The van der Waals surface area contributed by atoms with Crippen molar-refractivity contribution in [3.8, 4) is 17.0 Å². The van der Waals surface area contributed by atoms with Crippen LogP contribution in [0.1, 0.15) is 91.6 Å². The number of hydrogen-bond acceptors (Lipinski definition) is 6. The Morgan fingerprint density at radius 2 is 1.74 bits per heavy atom. The third-order valence-electron chi connectivity index (χ3n) is 11.9. The molecule has 250 valence electrons. The van der Waals surface area contributed by atoms with E-state index < -0.39 is 21.7 Å². The summed E-state index contributed by atoms with van der Waals surface area (Å²) in [7, 11) is 1.29. The molecular weight excluding hydrogens is 614 g/mol.